The molecular weight excluding hydrogens is 414 g/mol. The van der Waals surface area contributed by atoms with E-state index in [1.165, 1.54) is 4.90 Å². The zero-order chi connectivity index (χ0) is 23.5. The largest absolute Gasteiger partial charge is 0.491 e. The van der Waals surface area contributed by atoms with Crippen molar-refractivity contribution >= 4 is 23.1 Å². The van der Waals surface area contributed by atoms with E-state index in [9.17, 15) is 9.59 Å². The minimum absolute atomic E-state index is 0.0673. The number of nitrogens with one attached hydrogen (secondary N) is 1. The molecule has 0 fully saturated rings. The Balaban J connectivity index is 1.72. The molecule has 0 unspecified atom stereocenters. The van der Waals surface area contributed by atoms with Crippen LogP contribution in [0.4, 0.5) is 5.69 Å². The van der Waals surface area contributed by atoms with Crippen molar-refractivity contribution in [3.05, 3.63) is 94.9 Å². The van der Waals surface area contributed by atoms with Crippen molar-refractivity contribution in [1.82, 2.24) is 9.88 Å². The van der Waals surface area contributed by atoms with Crippen molar-refractivity contribution in [3.63, 3.8) is 0 Å². The average Bonchev–Trinajstić information content (AvgIpc) is 3.00. The molecule has 3 aromatic rings. The Hall–Kier alpha value is -3.93. The van der Waals surface area contributed by atoms with Crippen LogP contribution >= 0.6 is 0 Å². The van der Waals surface area contributed by atoms with E-state index in [0.717, 1.165) is 28.0 Å². The minimum Gasteiger partial charge on any atom is -0.491 e. The van der Waals surface area contributed by atoms with Crippen LogP contribution in [0.25, 0.3) is 5.57 Å². The molecule has 0 bridgehead atoms. The lowest BCUT2D eigenvalue weighted by Crippen LogP contribution is -2.32. The lowest BCUT2D eigenvalue weighted by Gasteiger charge is -2.15. The molecule has 2 heterocycles. The SMILES string of the molecule is Cc1ccc(C2=C(Nc3ccc(OC(C)C)cc3)C(=O)N(Cc3cccnc3)C2=O)c(C)c1. The zero-order valence-electron chi connectivity index (χ0n) is 19.3. The number of nitrogens with zero attached hydrogens (tertiary/aromatic N) is 2. The van der Waals surface area contributed by atoms with Crippen molar-refractivity contribution < 1.29 is 14.3 Å². The Morgan fingerprint density at radius 3 is 2.39 bits per heavy atom. The lowest BCUT2D eigenvalue weighted by molar-refractivity contribution is -0.137. The van der Waals surface area contributed by atoms with Gasteiger partial charge in [0.2, 0.25) is 0 Å². The fourth-order valence-electron chi connectivity index (χ4n) is 3.89. The van der Waals surface area contributed by atoms with E-state index in [1.54, 1.807) is 18.5 Å². The molecule has 0 atom stereocenters. The van der Waals surface area contributed by atoms with Gasteiger partial charge in [0.25, 0.3) is 11.8 Å². The summed E-state index contributed by atoms with van der Waals surface area (Å²) in [6.07, 6.45) is 3.39. The highest BCUT2D eigenvalue weighted by Gasteiger charge is 2.39. The van der Waals surface area contributed by atoms with Crippen LogP contribution in [-0.4, -0.2) is 27.8 Å². The van der Waals surface area contributed by atoms with E-state index >= 15 is 0 Å². The van der Waals surface area contributed by atoms with Gasteiger partial charge in [-0.3, -0.25) is 19.5 Å². The molecule has 168 valence electrons. The summed E-state index contributed by atoms with van der Waals surface area (Å²) >= 11 is 0. The lowest BCUT2D eigenvalue weighted by atomic mass is 9.97. The number of pyridine rings is 1. The molecule has 1 N–H and O–H groups in total. The number of ether oxygens (including phenoxy) is 1. The third kappa shape index (κ3) is 4.80. The predicted molar refractivity (Wildman–Crippen MR) is 128 cm³/mol. The Labute approximate surface area is 193 Å². The van der Waals surface area contributed by atoms with Crippen molar-refractivity contribution in [1.29, 1.82) is 0 Å². The maximum absolute atomic E-state index is 13.5. The van der Waals surface area contributed by atoms with Crippen LogP contribution < -0.4 is 10.1 Å². The highest BCUT2D eigenvalue weighted by atomic mass is 16.5. The normalized spacial score (nSPS) is 13.8. The monoisotopic (exact) mass is 441 g/mol. The summed E-state index contributed by atoms with van der Waals surface area (Å²) in [6.45, 7) is 8.04. The van der Waals surface area contributed by atoms with Gasteiger partial charge >= 0.3 is 0 Å². The average molecular weight is 442 g/mol. The van der Waals surface area contributed by atoms with Gasteiger partial charge in [-0.15, -0.1) is 0 Å². The van der Waals surface area contributed by atoms with Gasteiger partial charge in [-0.1, -0.05) is 29.8 Å². The van der Waals surface area contributed by atoms with E-state index < -0.39 is 0 Å². The van der Waals surface area contributed by atoms with Crippen LogP contribution in [-0.2, 0) is 16.1 Å². The summed E-state index contributed by atoms with van der Waals surface area (Å²) in [6, 6.07) is 16.9. The molecule has 0 saturated carbocycles. The number of amides is 2. The molecular formula is C27H27N3O3. The van der Waals surface area contributed by atoms with Gasteiger partial charge in [-0.05, 0) is 74.7 Å². The number of carbonyl (C=O) groups is 2. The number of hydrogen-bond acceptors (Lipinski definition) is 5. The Bertz CT molecular complexity index is 1220. The molecule has 1 aliphatic heterocycles. The Morgan fingerprint density at radius 1 is 1.00 bits per heavy atom. The summed E-state index contributed by atoms with van der Waals surface area (Å²) in [5.41, 5.74) is 4.92. The molecule has 0 radical (unpaired) electrons. The molecule has 1 aromatic heterocycles. The summed E-state index contributed by atoms with van der Waals surface area (Å²) in [7, 11) is 0. The topological polar surface area (TPSA) is 71.5 Å². The van der Waals surface area contributed by atoms with Crippen molar-refractivity contribution in [2.24, 2.45) is 0 Å². The predicted octanol–water partition coefficient (Wildman–Crippen LogP) is 4.88. The van der Waals surface area contributed by atoms with E-state index in [0.29, 0.717) is 11.3 Å². The van der Waals surface area contributed by atoms with E-state index in [-0.39, 0.29) is 30.2 Å². The fourth-order valence-corrected chi connectivity index (χ4v) is 3.89. The maximum atomic E-state index is 13.5. The number of benzene rings is 2. The van der Waals surface area contributed by atoms with E-state index in [4.69, 9.17) is 4.74 Å². The molecule has 33 heavy (non-hydrogen) atoms. The van der Waals surface area contributed by atoms with Gasteiger partial charge in [0.15, 0.2) is 0 Å². The van der Waals surface area contributed by atoms with Gasteiger partial charge in [0, 0.05) is 18.1 Å². The van der Waals surface area contributed by atoms with Gasteiger partial charge in [0.1, 0.15) is 11.4 Å². The van der Waals surface area contributed by atoms with Gasteiger partial charge in [-0.2, -0.15) is 0 Å². The molecule has 6 nitrogen and oxygen atoms in total. The van der Waals surface area contributed by atoms with Crippen LogP contribution in [0.2, 0.25) is 0 Å². The first-order valence-electron chi connectivity index (χ1n) is 10.9. The quantitative estimate of drug-likeness (QED) is 0.529. The number of aryl methyl sites for hydroxylation is 2. The second-order valence-corrected chi connectivity index (χ2v) is 8.44. The number of carbonyl (C=O) groups excluding carboxylic acids is 2. The van der Waals surface area contributed by atoms with E-state index in [1.807, 2.05) is 76.2 Å². The van der Waals surface area contributed by atoms with Crippen LogP contribution in [0.15, 0.2) is 72.7 Å². The summed E-state index contributed by atoms with van der Waals surface area (Å²) in [5, 5.41) is 3.20. The Morgan fingerprint density at radius 2 is 1.76 bits per heavy atom. The number of anilines is 1. The second-order valence-electron chi connectivity index (χ2n) is 8.44. The number of aromatic nitrogens is 1. The first-order chi connectivity index (χ1) is 15.8. The maximum Gasteiger partial charge on any atom is 0.278 e. The smallest absolute Gasteiger partial charge is 0.278 e. The number of rotatable bonds is 7. The van der Waals surface area contributed by atoms with Crippen LogP contribution in [0.5, 0.6) is 5.75 Å². The van der Waals surface area contributed by atoms with Crippen LogP contribution in [0.3, 0.4) is 0 Å². The Kier molecular flexibility index (Phi) is 6.27. The van der Waals surface area contributed by atoms with Crippen molar-refractivity contribution in [2.45, 2.75) is 40.3 Å². The molecule has 0 aliphatic carbocycles. The van der Waals surface area contributed by atoms with Crippen LogP contribution in [0.1, 0.15) is 36.1 Å². The van der Waals surface area contributed by atoms with Crippen LogP contribution in [0, 0.1) is 13.8 Å². The first-order valence-corrected chi connectivity index (χ1v) is 10.9. The first kappa shape index (κ1) is 22.3. The minimum atomic E-state index is -0.360. The highest BCUT2D eigenvalue weighted by Crippen LogP contribution is 2.33. The molecule has 2 amide bonds. The van der Waals surface area contributed by atoms with Gasteiger partial charge in [0.05, 0.1) is 18.2 Å². The zero-order valence-corrected chi connectivity index (χ0v) is 19.3. The highest BCUT2D eigenvalue weighted by molar-refractivity contribution is 6.36. The number of hydrogen-bond donors (Lipinski definition) is 1. The molecule has 2 aromatic carbocycles. The molecule has 4 rings (SSSR count). The van der Waals surface area contributed by atoms with Crippen molar-refractivity contribution in [2.75, 3.05) is 5.32 Å². The summed E-state index contributed by atoms with van der Waals surface area (Å²) in [5.74, 6) is 0.0607. The summed E-state index contributed by atoms with van der Waals surface area (Å²) in [4.78, 5) is 32.3. The fraction of sp³-hybridized carbons (Fsp3) is 0.222. The number of imide groups is 1. The molecule has 6 heteroatoms. The third-order valence-corrected chi connectivity index (χ3v) is 5.38. The van der Waals surface area contributed by atoms with E-state index in [2.05, 4.69) is 10.3 Å². The molecule has 0 saturated heterocycles. The van der Waals surface area contributed by atoms with Gasteiger partial charge < -0.3 is 10.1 Å². The molecule has 0 spiro atoms. The molecule has 1 aliphatic rings. The third-order valence-electron chi connectivity index (χ3n) is 5.38. The summed E-state index contributed by atoms with van der Waals surface area (Å²) < 4.78 is 5.70. The van der Waals surface area contributed by atoms with Crippen molar-refractivity contribution in [3.8, 4) is 5.75 Å². The van der Waals surface area contributed by atoms with Gasteiger partial charge in [-0.25, -0.2) is 0 Å². The standard InChI is InChI=1S/C27H27N3O3/c1-17(2)33-22-10-8-21(9-11-22)29-25-24(23-12-7-18(3)14-19(23)4)26(31)30(27(25)32)16-20-6-5-13-28-15-20/h5-15,17,29H,16H2,1-4H3. The second kappa shape index (κ2) is 9.28.